The van der Waals surface area contributed by atoms with E-state index >= 15 is 0 Å². The fourth-order valence-corrected chi connectivity index (χ4v) is 4.59. The van der Waals surface area contributed by atoms with Crippen molar-refractivity contribution in [1.82, 2.24) is 0 Å². The number of aromatic carboxylic acids is 1. The van der Waals surface area contributed by atoms with Crippen molar-refractivity contribution in [3.8, 4) is 5.75 Å². The second-order valence-corrected chi connectivity index (χ2v) is 8.87. The number of thioether (sulfide) groups is 1. The molecule has 0 atom stereocenters. The van der Waals surface area contributed by atoms with Gasteiger partial charge in [-0.05, 0) is 36.4 Å². The van der Waals surface area contributed by atoms with Gasteiger partial charge in [0.1, 0.15) is 12.4 Å². The molecule has 3 aromatic rings. The summed E-state index contributed by atoms with van der Waals surface area (Å²) in [5, 5.41) is 9.86. The Morgan fingerprint density at radius 3 is 2.62 bits per heavy atom. The van der Waals surface area contributed by atoms with E-state index < -0.39 is 5.97 Å². The van der Waals surface area contributed by atoms with Crippen LogP contribution in [0.2, 0.25) is 5.02 Å². The van der Waals surface area contributed by atoms with Crippen LogP contribution in [0.15, 0.2) is 77.7 Å². The Kier molecular flexibility index (Phi) is 6.60. The normalized spacial score (nSPS) is 14.8. The summed E-state index contributed by atoms with van der Waals surface area (Å²) >= 11 is 12.8. The molecule has 0 aliphatic carbocycles. The SMILES string of the molecule is O=C(O)c1cccc(N2C(=O)/C(=C\c3ccccc3OCc3ccccc3Cl)SC2=S)c1. The number of rotatable bonds is 6. The average Bonchev–Trinajstić information content (AvgIpc) is 3.07. The van der Waals surface area contributed by atoms with Crippen molar-refractivity contribution < 1.29 is 19.4 Å². The number of carboxylic acid groups (broad SMARTS) is 1. The molecule has 1 fully saturated rings. The number of carbonyl (C=O) groups excluding carboxylic acids is 1. The molecule has 8 heteroatoms. The van der Waals surface area contributed by atoms with Gasteiger partial charge < -0.3 is 9.84 Å². The number of thiocarbonyl (C=S) groups is 1. The smallest absolute Gasteiger partial charge is 0.335 e. The molecule has 0 bridgehead atoms. The van der Waals surface area contributed by atoms with Gasteiger partial charge in [0.25, 0.3) is 5.91 Å². The Labute approximate surface area is 199 Å². The molecule has 0 saturated carbocycles. The molecule has 0 radical (unpaired) electrons. The topological polar surface area (TPSA) is 66.8 Å². The van der Waals surface area contributed by atoms with Crippen LogP contribution < -0.4 is 9.64 Å². The van der Waals surface area contributed by atoms with E-state index in [1.807, 2.05) is 42.5 Å². The van der Waals surface area contributed by atoms with Crippen LogP contribution in [0.1, 0.15) is 21.5 Å². The van der Waals surface area contributed by atoms with Crippen LogP contribution in [0, 0.1) is 0 Å². The molecule has 1 heterocycles. The van der Waals surface area contributed by atoms with Crippen LogP contribution in [-0.2, 0) is 11.4 Å². The molecule has 1 aliphatic rings. The first-order chi connectivity index (χ1) is 15.4. The standard InChI is InChI=1S/C24H16ClNO4S2/c25-19-10-3-1-7-17(19)14-30-20-11-4-2-6-15(20)13-21-22(27)26(24(31)32-21)18-9-5-8-16(12-18)23(28)29/h1-13H,14H2,(H,28,29)/b21-13+. The summed E-state index contributed by atoms with van der Waals surface area (Å²) in [5.41, 5.74) is 2.07. The molecule has 0 unspecified atom stereocenters. The van der Waals surface area contributed by atoms with Gasteiger partial charge in [0.05, 0.1) is 16.2 Å². The van der Waals surface area contributed by atoms with Crippen molar-refractivity contribution in [2.24, 2.45) is 0 Å². The van der Waals surface area contributed by atoms with Gasteiger partial charge in [-0.25, -0.2) is 4.79 Å². The number of carbonyl (C=O) groups is 2. The van der Waals surface area contributed by atoms with Crippen molar-refractivity contribution in [2.45, 2.75) is 6.61 Å². The lowest BCUT2D eigenvalue weighted by Gasteiger charge is -2.15. The van der Waals surface area contributed by atoms with Crippen LogP contribution in [0.4, 0.5) is 5.69 Å². The number of halogens is 1. The molecule has 1 saturated heterocycles. The summed E-state index contributed by atoms with van der Waals surface area (Å²) in [6.07, 6.45) is 1.72. The Bertz CT molecular complexity index is 1260. The number of carboxylic acids is 1. The predicted octanol–water partition coefficient (Wildman–Crippen LogP) is 6.02. The van der Waals surface area contributed by atoms with Crippen molar-refractivity contribution in [1.29, 1.82) is 0 Å². The van der Waals surface area contributed by atoms with Gasteiger partial charge in [-0.1, -0.05) is 78.0 Å². The van der Waals surface area contributed by atoms with E-state index in [0.717, 1.165) is 22.9 Å². The predicted molar refractivity (Wildman–Crippen MR) is 131 cm³/mol. The summed E-state index contributed by atoms with van der Waals surface area (Å²) in [6, 6.07) is 20.9. The van der Waals surface area contributed by atoms with Gasteiger partial charge in [-0.3, -0.25) is 9.69 Å². The Morgan fingerprint density at radius 2 is 1.84 bits per heavy atom. The van der Waals surface area contributed by atoms with E-state index in [-0.39, 0.29) is 18.1 Å². The lowest BCUT2D eigenvalue weighted by molar-refractivity contribution is -0.113. The van der Waals surface area contributed by atoms with Gasteiger partial charge in [0, 0.05) is 16.1 Å². The third kappa shape index (κ3) is 4.70. The van der Waals surface area contributed by atoms with Gasteiger partial charge in [-0.2, -0.15) is 0 Å². The molecule has 1 aliphatic heterocycles. The summed E-state index contributed by atoms with van der Waals surface area (Å²) < 4.78 is 6.30. The lowest BCUT2D eigenvalue weighted by Crippen LogP contribution is -2.27. The third-order valence-corrected chi connectivity index (χ3v) is 6.36. The highest BCUT2D eigenvalue weighted by Crippen LogP contribution is 2.37. The largest absolute Gasteiger partial charge is 0.488 e. The second kappa shape index (κ2) is 9.56. The molecule has 160 valence electrons. The molecule has 3 aromatic carbocycles. The number of hydrogen-bond donors (Lipinski definition) is 1. The van der Waals surface area contributed by atoms with E-state index in [1.54, 1.807) is 24.3 Å². The van der Waals surface area contributed by atoms with Gasteiger partial charge >= 0.3 is 5.97 Å². The van der Waals surface area contributed by atoms with Gasteiger partial charge in [0.2, 0.25) is 0 Å². The number of nitrogens with zero attached hydrogens (tertiary/aromatic N) is 1. The molecule has 1 N–H and O–H groups in total. The average molecular weight is 482 g/mol. The Balaban J connectivity index is 1.59. The van der Waals surface area contributed by atoms with Crippen molar-refractivity contribution >= 4 is 63.5 Å². The third-order valence-electron chi connectivity index (χ3n) is 4.69. The highest BCUT2D eigenvalue weighted by Gasteiger charge is 2.33. The number of anilines is 1. The van der Waals surface area contributed by atoms with Crippen molar-refractivity contribution in [2.75, 3.05) is 4.90 Å². The Hall–Kier alpha value is -3.13. The second-order valence-electron chi connectivity index (χ2n) is 6.79. The van der Waals surface area contributed by atoms with Crippen LogP contribution in [0.5, 0.6) is 5.75 Å². The molecule has 5 nitrogen and oxygen atoms in total. The quantitative estimate of drug-likeness (QED) is 0.343. The molecule has 0 spiro atoms. The fraction of sp³-hybridized carbons (Fsp3) is 0.0417. The molecule has 0 aromatic heterocycles. The molecule has 4 rings (SSSR count). The minimum Gasteiger partial charge on any atom is -0.488 e. The summed E-state index contributed by atoms with van der Waals surface area (Å²) in [5.74, 6) is -0.786. The van der Waals surface area contributed by atoms with E-state index in [0.29, 0.717) is 25.7 Å². The Morgan fingerprint density at radius 1 is 1.09 bits per heavy atom. The zero-order chi connectivity index (χ0) is 22.7. The summed E-state index contributed by atoms with van der Waals surface area (Å²) in [4.78, 5) is 26.1. The first-order valence-corrected chi connectivity index (χ1v) is 11.1. The minimum absolute atomic E-state index is 0.0823. The maximum Gasteiger partial charge on any atom is 0.335 e. The molecule has 32 heavy (non-hydrogen) atoms. The van der Waals surface area contributed by atoms with E-state index in [9.17, 15) is 14.7 Å². The monoisotopic (exact) mass is 481 g/mol. The first-order valence-electron chi connectivity index (χ1n) is 9.50. The van der Waals surface area contributed by atoms with Crippen molar-refractivity contribution in [3.63, 3.8) is 0 Å². The van der Waals surface area contributed by atoms with Gasteiger partial charge in [-0.15, -0.1) is 0 Å². The highest BCUT2D eigenvalue weighted by molar-refractivity contribution is 8.27. The number of para-hydroxylation sites is 1. The number of ether oxygens (including phenoxy) is 1. The van der Waals surface area contributed by atoms with Gasteiger partial charge in [0.15, 0.2) is 4.32 Å². The molecular formula is C24H16ClNO4S2. The minimum atomic E-state index is -1.07. The lowest BCUT2D eigenvalue weighted by atomic mass is 10.1. The van der Waals surface area contributed by atoms with Crippen molar-refractivity contribution in [3.05, 3.63) is 99.4 Å². The number of amides is 1. The summed E-state index contributed by atoms with van der Waals surface area (Å²) in [6.45, 7) is 0.285. The van der Waals surface area contributed by atoms with E-state index in [1.165, 1.54) is 17.0 Å². The molecule has 1 amide bonds. The summed E-state index contributed by atoms with van der Waals surface area (Å²) in [7, 11) is 0. The maximum absolute atomic E-state index is 13.1. The maximum atomic E-state index is 13.1. The first kappa shape index (κ1) is 22.1. The number of hydrogen-bond acceptors (Lipinski definition) is 5. The highest BCUT2D eigenvalue weighted by atomic mass is 35.5. The van der Waals surface area contributed by atoms with Crippen LogP contribution in [0.25, 0.3) is 6.08 Å². The van der Waals surface area contributed by atoms with Crippen LogP contribution in [0.3, 0.4) is 0 Å². The van der Waals surface area contributed by atoms with Crippen LogP contribution in [-0.4, -0.2) is 21.3 Å². The fourth-order valence-electron chi connectivity index (χ4n) is 3.11. The molecular weight excluding hydrogens is 466 g/mol. The number of benzene rings is 3. The van der Waals surface area contributed by atoms with Crippen LogP contribution >= 0.6 is 35.6 Å². The van der Waals surface area contributed by atoms with E-state index in [4.69, 9.17) is 28.6 Å². The van der Waals surface area contributed by atoms with E-state index in [2.05, 4.69) is 0 Å². The zero-order valence-electron chi connectivity index (χ0n) is 16.5. The zero-order valence-corrected chi connectivity index (χ0v) is 18.9.